The SMILES string of the molecule is CCC(C)SCC(NN)c1cccc2ccsc12. The molecule has 98 valence electrons. The Hall–Kier alpha value is -0.550. The molecule has 4 heteroatoms. The predicted molar refractivity (Wildman–Crippen MR) is 84.1 cm³/mol. The summed E-state index contributed by atoms with van der Waals surface area (Å²) in [6.45, 7) is 4.49. The highest BCUT2D eigenvalue weighted by atomic mass is 32.2. The third-order valence-electron chi connectivity index (χ3n) is 3.21. The first kappa shape index (κ1) is 13.9. The highest BCUT2D eigenvalue weighted by molar-refractivity contribution is 7.99. The van der Waals surface area contributed by atoms with Crippen LogP contribution in [0.1, 0.15) is 31.9 Å². The van der Waals surface area contributed by atoms with Gasteiger partial charge in [0.2, 0.25) is 0 Å². The van der Waals surface area contributed by atoms with Crippen molar-refractivity contribution in [3.05, 3.63) is 35.2 Å². The lowest BCUT2D eigenvalue weighted by molar-refractivity contribution is 0.614. The quantitative estimate of drug-likeness (QED) is 0.622. The molecule has 0 radical (unpaired) electrons. The Morgan fingerprint density at radius 1 is 1.39 bits per heavy atom. The van der Waals surface area contributed by atoms with Crippen LogP contribution in [0.15, 0.2) is 29.6 Å². The minimum absolute atomic E-state index is 0.228. The molecule has 3 N–H and O–H groups in total. The van der Waals surface area contributed by atoms with Crippen LogP contribution in [0.5, 0.6) is 0 Å². The summed E-state index contributed by atoms with van der Waals surface area (Å²) in [6.07, 6.45) is 1.20. The molecule has 2 aromatic rings. The van der Waals surface area contributed by atoms with Gasteiger partial charge in [-0.3, -0.25) is 11.3 Å². The van der Waals surface area contributed by atoms with Gasteiger partial charge in [0.15, 0.2) is 0 Å². The maximum absolute atomic E-state index is 5.73. The Morgan fingerprint density at radius 3 is 2.94 bits per heavy atom. The Morgan fingerprint density at radius 2 is 2.22 bits per heavy atom. The van der Waals surface area contributed by atoms with Gasteiger partial charge in [-0.1, -0.05) is 32.0 Å². The van der Waals surface area contributed by atoms with Crippen molar-refractivity contribution < 1.29 is 0 Å². The number of thiophene rings is 1. The van der Waals surface area contributed by atoms with E-state index in [1.807, 2.05) is 11.8 Å². The third-order valence-corrected chi connectivity index (χ3v) is 5.62. The first-order chi connectivity index (χ1) is 8.76. The molecule has 0 bridgehead atoms. The van der Waals surface area contributed by atoms with Crippen molar-refractivity contribution in [1.82, 2.24) is 5.43 Å². The lowest BCUT2D eigenvalue weighted by Gasteiger charge is -2.18. The molecule has 2 nitrogen and oxygen atoms in total. The van der Waals surface area contributed by atoms with Crippen LogP contribution >= 0.6 is 23.1 Å². The van der Waals surface area contributed by atoms with Gasteiger partial charge >= 0.3 is 0 Å². The van der Waals surface area contributed by atoms with Crippen molar-refractivity contribution in [2.24, 2.45) is 5.84 Å². The van der Waals surface area contributed by atoms with Gasteiger partial charge in [0.05, 0.1) is 6.04 Å². The van der Waals surface area contributed by atoms with Crippen molar-refractivity contribution in [2.45, 2.75) is 31.6 Å². The van der Waals surface area contributed by atoms with E-state index in [0.29, 0.717) is 5.25 Å². The van der Waals surface area contributed by atoms with Crippen molar-refractivity contribution in [1.29, 1.82) is 0 Å². The number of thioether (sulfide) groups is 1. The van der Waals surface area contributed by atoms with Gasteiger partial charge < -0.3 is 0 Å². The Kier molecular flexibility index (Phi) is 5.06. The first-order valence-electron chi connectivity index (χ1n) is 6.30. The minimum Gasteiger partial charge on any atom is -0.271 e. The fourth-order valence-corrected chi connectivity index (χ4v) is 3.90. The van der Waals surface area contributed by atoms with Crippen molar-refractivity contribution in [3.8, 4) is 0 Å². The van der Waals surface area contributed by atoms with Crippen LogP contribution in [0.4, 0.5) is 0 Å². The highest BCUT2D eigenvalue weighted by Gasteiger charge is 2.14. The monoisotopic (exact) mass is 280 g/mol. The average molecular weight is 280 g/mol. The standard InChI is InChI=1S/C14H20N2S2/c1-3-10(2)18-9-13(16-15)12-6-4-5-11-7-8-17-14(11)12/h4-8,10,13,16H,3,9,15H2,1-2H3. The lowest BCUT2D eigenvalue weighted by Crippen LogP contribution is -2.30. The van der Waals surface area contributed by atoms with Crippen molar-refractivity contribution in [2.75, 3.05) is 5.75 Å². The summed E-state index contributed by atoms with van der Waals surface area (Å²) < 4.78 is 1.35. The van der Waals surface area contributed by atoms with Crippen molar-refractivity contribution >= 4 is 33.2 Å². The zero-order valence-corrected chi connectivity index (χ0v) is 12.5. The van der Waals surface area contributed by atoms with E-state index in [0.717, 1.165) is 5.75 Å². The van der Waals surface area contributed by atoms with Crippen LogP contribution in [0.2, 0.25) is 0 Å². The Balaban J connectivity index is 2.19. The highest BCUT2D eigenvalue weighted by Crippen LogP contribution is 2.31. The summed E-state index contributed by atoms with van der Waals surface area (Å²) in [7, 11) is 0. The van der Waals surface area contributed by atoms with Gasteiger partial charge in [0, 0.05) is 15.7 Å². The van der Waals surface area contributed by atoms with Gasteiger partial charge in [-0.25, -0.2) is 0 Å². The zero-order chi connectivity index (χ0) is 13.0. The van der Waals surface area contributed by atoms with Gasteiger partial charge in [-0.05, 0) is 28.8 Å². The molecule has 1 aromatic carbocycles. The molecule has 0 saturated heterocycles. The van der Waals surface area contributed by atoms with E-state index >= 15 is 0 Å². The number of benzene rings is 1. The number of nitrogens with one attached hydrogen (secondary N) is 1. The second kappa shape index (κ2) is 6.57. The van der Waals surface area contributed by atoms with Gasteiger partial charge in [0.1, 0.15) is 0 Å². The number of hydrogen-bond acceptors (Lipinski definition) is 4. The molecular weight excluding hydrogens is 260 g/mol. The summed E-state index contributed by atoms with van der Waals surface area (Å²) in [5.41, 5.74) is 4.29. The molecule has 0 aliphatic carbocycles. The molecule has 1 heterocycles. The molecule has 0 spiro atoms. The molecule has 2 atom stereocenters. The fraction of sp³-hybridized carbons (Fsp3) is 0.429. The smallest absolute Gasteiger partial charge is 0.0564 e. The molecule has 0 amide bonds. The van der Waals surface area contributed by atoms with E-state index in [-0.39, 0.29) is 6.04 Å². The summed E-state index contributed by atoms with van der Waals surface area (Å²) >= 11 is 3.77. The van der Waals surface area contributed by atoms with Gasteiger partial charge in [-0.2, -0.15) is 11.8 Å². The van der Waals surface area contributed by atoms with E-state index in [4.69, 9.17) is 5.84 Å². The molecule has 2 rings (SSSR count). The van der Waals surface area contributed by atoms with E-state index in [1.54, 1.807) is 11.3 Å². The van der Waals surface area contributed by atoms with E-state index in [9.17, 15) is 0 Å². The van der Waals surface area contributed by atoms with Crippen LogP contribution in [-0.4, -0.2) is 11.0 Å². The maximum Gasteiger partial charge on any atom is 0.0564 e. The normalized spacial score (nSPS) is 14.8. The van der Waals surface area contributed by atoms with Gasteiger partial charge in [-0.15, -0.1) is 11.3 Å². The van der Waals surface area contributed by atoms with Crippen molar-refractivity contribution in [3.63, 3.8) is 0 Å². The summed E-state index contributed by atoms with van der Waals surface area (Å²) in [6, 6.07) is 8.85. The first-order valence-corrected chi connectivity index (χ1v) is 8.23. The van der Waals surface area contributed by atoms with Crippen LogP contribution in [0, 0.1) is 0 Å². The Bertz CT molecular complexity index is 495. The number of rotatable bonds is 6. The summed E-state index contributed by atoms with van der Waals surface area (Å²) in [5.74, 6) is 6.75. The average Bonchev–Trinajstić information content (AvgIpc) is 2.88. The summed E-state index contributed by atoms with van der Waals surface area (Å²) in [4.78, 5) is 0. The van der Waals surface area contributed by atoms with Crippen LogP contribution < -0.4 is 11.3 Å². The van der Waals surface area contributed by atoms with E-state index < -0.39 is 0 Å². The molecule has 0 fully saturated rings. The number of nitrogens with two attached hydrogens (primary N) is 1. The van der Waals surface area contributed by atoms with E-state index in [2.05, 4.69) is 48.9 Å². The molecule has 18 heavy (non-hydrogen) atoms. The second-order valence-corrected chi connectivity index (χ2v) is 6.85. The number of fused-ring (bicyclic) bond motifs is 1. The zero-order valence-electron chi connectivity index (χ0n) is 10.8. The number of hydrogen-bond donors (Lipinski definition) is 2. The molecule has 0 saturated carbocycles. The predicted octanol–water partition coefficient (Wildman–Crippen LogP) is 3.94. The molecule has 0 aliphatic heterocycles. The summed E-state index contributed by atoms with van der Waals surface area (Å²) in [5, 5.41) is 4.14. The maximum atomic E-state index is 5.73. The van der Waals surface area contributed by atoms with Crippen LogP contribution in [0.25, 0.3) is 10.1 Å². The fourth-order valence-electron chi connectivity index (χ4n) is 1.90. The molecular formula is C14H20N2S2. The largest absolute Gasteiger partial charge is 0.271 e. The lowest BCUT2D eigenvalue weighted by atomic mass is 10.1. The Labute approximate surface area is 117 Å². The van der Waals surface area contributed by atoms with Crippen LogP contribution in [0.3, 0.4) is 0 Å². The molecule has 1 aromatic heterocycles. The number of hydrazine groups is 1. The van der Waals surface area contributed by atoms with Gasteiger partial charge in [0.25, 0.3) is 0 Å². The second-order valence-electron chi connectivity index (χ2n) is 4.46. The molecule has 0 aliphatic rings. The van der Waals surface area contributed by atoms with E-state index in [1.165, 1.54) is 22.1 Å². The molecule has 2 unspecified atom stereocenters. The third kappa shape index (κ3) is 3.06. The van der Waals surface area contributed by atoms with Crippen LogP contribution in [-0.2, 0) is 0 Å². The topological polar surface area (TPSA) is 38.0 Å². The minimum atomic E-state index is 0.228.